The highest BCUT2D eigenvalue weighted by Crippen LogP contribution is 2.20. The molecule has 25 heavy (non-hydrogen) atoms. The zero-order valence-electron chi connectivity index (χ0n) is 14.6. The Bertz CT molecular complexity index is 806. The highest BCUT2D eigenvalue weighted by Gasteiger charge is 2.20. The zero-order valence-corrected chi connectivity index (χ0v) is 14.6. The molecule has 0 spiro atoms. The minimum absolute atomic E-state index is 0.0834. The molecule has 1 amide bonds. The summed E-state index contributed by atoms with van der Waals surface area (Å²) in [6.45, 7) is 4.80. The molecule has 7 heteroatoms. The summed E-state index contributed by atoms with van der Waals surface area (Å²) in [5.41, 5.74) is 2.78. The Kier molecular flexibility index (Phi) is 5.59. The number of anilines is 1. The minimum atomic E-state index is -0.567. The van der Waals surface area contributed by atoms with Gasteiger partial charge in [0.05, 0.1) is 12.8 Å². The standard InChI is InChI=1S/C18H20N2O5/c1-10-16(12(3)21)11(2)19-17(10)15(22)9-25-14-7-5-13(6-8-14)20-18(23)24-4/h5-8,19H,9H2,1-4H3,(H,20,23). The summed E-state index contributed by atoms with van der Waals surface area (Å²) >= 11 is 0. The molecule has 132 valence electrons. The summed E-state index contributed by atoms with van der Waals surface area (Å²) < 4.78 is 9.97. The molecule has 0 bridgehead atoms. The van der Waals surface area contributed by atoms with Gasteiger partial charge in [-0.1, -0.05) is 0 Å². The lowest BCUT2D eigenvalue weighted by Gasteiger charge is -2.07. The largest absolute Gasteiger partial charge is 0.485 e. The maximum absolute atomic E-state index is 12.3. The fraction of sp³-hybridized carbons (Fsp3) is 0.278. The molecular formula is C18H20N2O5. The molecule has 1 aromatic heterocycles. The van der Waals surface area contributed by atoms with Gasteiger partial charge in [0.15, 0.2) is 12.4 Å². The van der Waals surface area contributed by atoms with Crippen LogP contribution < -0.4 is 10.1 Å². The van der Waals surface area contributed by atoms with Gasteiger partial charge in [-0.2, -0.15) is 0 Å². The molecule has 0 fully saturated rings. The van der Waals surface area contributed by atoms with Gasteiger partial charge < -0.3 is 14.5 Å². The Morgan fingerprint density at radius 2 is 1.76 bits per heavy atom. The van der Waals surface area contributed by atoms with Gasteiger partial charge in [0.2, 0.25) is 5.78 Å². The summed E-state index contributed by atoms with van der Waals surface area (Å²) in [5.74, 6) is 0.154. The van der Waals surface area contributed by atoms with E-state index in [1.807, 2.05) is 0 Å². The van der Waals surface area contributed by atoms with Crippen molar-refractivity contribution in [3.63, 3.8) is 0 Å². The number of aryl methyl sites for hydroxylation is 1. The van der Waals surface area contributed by atoms with Crippen molar-refractivity contribution in [3.05, 3.63) is 46.8 Å². The van der Waals surface area contributed by atoms with Crippen molar-refractivity contribution in [2.45, 2.75) is 20.8 Å². The summed E-state index contributed by atoms with van der Waals surface area (Å²) in [7, 11) is 1.28. The van der Waals surface area contributed by atoms with Crippen molar-refractivity contribution in [1.82, 2.24) is 4.98 Å². The summed E-state index contributed by atoms with van der Waals surface area (Å²) in [5, 5.41) is 2.52. The van der Waals surface area contributed by atoms with E-state index in [9.17, 15) is 14.4 Å². The highest BCUT2D eigenvalue weighted by molar-refractivity contribution is 6.03. The summed E-state index contributed by atoms with van der Waals surface area (Å²) in [6.07, 6.45) is -0.567. The van der Waals surface area contributed by atoms with Crippen LogP contribution in [0.4, 0.5) is 10.5 Å². The van der Waals surface area contributed by atoms with Gasteiger partial charge in [-0.25, -0.2) is 4.79 Å². The summed E-state index contributed by atoms with van der Waals surface area (Å²) in [4.78, 5) is 38.0. The number of benzene rings is 1. The van der Waals surface area contributed by atoms with Gasteiger partial charge in [0.1, 0.15) is 5.75 Å². The zero-order chi connectivity index (χ0) is 18.6. The van der Waals surface area contributed by atoms with E-state index in [0.717, 1.165) is 0 Å². The average Bonchev–Trinajstić information content (AvgIpc) is 2.88. The average molecular weight is 344 g/mol. The van der Waals surface area contributed by atoms with Crippen LogP contribution in [0.3, 0.4) is 0 Å². The van der Waals surface area contributed by atoms with E-state index in [4.69, 9.17) is 4.74 Å². The third-order valence-electron chi connectivity index (χ3n) is 3.72. The predicted octanol–water partition coefficient (Wildman–Crippen LogP) is 3.27. The van der Waals surface area contributed by atoms with Gasteiger partial charge in [-0.05, 0) is 50.6 Å². The van der Waals surface area contributed by atoms with Gasteiger partial charge in [-0.15, -0.1) is 0 Å². The molecule has 0 aliphatic rings. The number of nitrogens with one attached hydrogen (secondary N) is 2. The van der Waals surface area contributed by atoms with Crippen LogP contribution in [-0.4, -0.2) is 36.4 Å². The minimum Gasteiger partial charge on any atom is -0.485 e. The maximum Gasteiger partial charge on any atom is 0.411 e. The smallest absolute Gasteiger partial charge is 0.411 e. The first-order valence-electron chi connectivity index (χ1n) is 7.64. The normalized spacial score (nSPS) is 10.2. The third kappa shape index (κ3) is 4.26. The van der Waals surface area contributed by atoms with E-state index in [0.29, 0.717) is 34.0 Å². The number of ether oxygens (including phenoxy) is 2. The second-order valence-corrected chi connectivity index (χ2v) is 5.53. The van der Waals surface area contributed by atoms with Crippen LogP contribution in [0.2, 0.25) is 0 Å². The van der Waals surface area contributed by atoms with Crippen molar-refractivity contribution in [1.29, 1.82) is 0 Å². The molecule has 2 rings (SSSR count). The molecular weight excluding hydrogens is 324 g/mol. The van der Waals surface area contributed by atoms with Crippen LogP contribution in [0.25, 0.3) is 0 Å². The molecule has 1 heterocycles. The summed E-state index contributed by atoms with van der Waals surface area (Å²) in [6, 6.07) is 6.53. The third-order valence-corrected chi connectivity index (χ3v) is 3.72. The van der Waals surface area contributed by atoms with E-state index in [1.54, 1.807) is 38.1 Å². The number of rotatable bonds is 6. The van der Waals surface area contributed by atoms with Crippen molar-refractivity contribution in [2.24, 2.45) is 0 Å². The van der Waals surface area contributed by atoms with E-state index >= 15 is 0 Å². The molecule has 0 saturated heterocycles. The second-order valence-electron chi connectivity index (χ2n) is 5.53. The molecule has 0 aliphatic heterocycles. The molecule has 0 atom stereocenters. The Hall–Kier alpha value is -3.09. The number of carbonyl (C=O) groups is 3. The van der Waals surface area contributed by atoms with Crippen molar-refractivity contribution >= 4 is 23.3 Å². The highest BCUT2D eigenvalue weighted by atomic mass is 16.5. The van der Waals surface area contributed by atoms with Crippen molar-refractivity contribution < 1.29 is 23.9 Å². The number of aromatic nitrogens is 1. The molecule has 0 saturated carbocycles. The number of Topliss-reactive ketones (excluding diaryl/α,β-unsaturated/α-hetero) is 2. The van der Waals surface area contributed by atoms with E-state index in [-0.39, 0.29) is 18.2 Å². The van der Waals surface area contributed by atoms with Gasteiger partial charge in [0.25, 0.3) is 0 Å². The number of amides is 1. The van der Waals surface area contributed by atoms with Crippen LogP contribution in [0, 0.1) is 13.8 Å². The predicted molar refractivity (Wildman–Crippen MR) is 92.6 cm³/mol. The maximum atomic E-state index is 12.3. The van der Waals surface area contributed by atoms with E-state index in [1.165, 1.54) is 14.0 Å². The number of carbonyl (C=O) groups excluding carboxylic acids is 3. The molecule has 1 aromatic carbocycles. The van der Waals surface area contributed by atoms with Gasteiger partial charge >= 0.3 is 6.09 Å². The number of hydrogen-bond acceptors (Lipinski definition) is 5. The Morgan fingerprint density at radius 1 is 1.12 bits per heavy atom. The van der Waals surface area contributed by atoms with Crippen molar-refractivity contribution in [3.8, 4) is 5.75 Å². The molecule has 7 nitrogen and oxygen atoms in total. The van der Waals surface area contributed by atoms with Crippen LogP contribution in [-0.2, 0) is 4.74 Å². The topological polar surface area (TPSA) is 97.5 Å². The molecule has 0 unspecified atom stereocenters. The number of methoxy groups -OCH3 is 1. The Morgan fingerprint density at radius 3 is 2.28 bits per heavy atom. The van der Waals surface area contributed by atoms with Gasteiger partial charge in [-0.3, -0.25) is 14.9 Å². The Labute approximate surface area is 145 Å². The lowest BCUT2D eigenvalue weighted by molar-refractivity contribution is 0.0916. The van der Waals surface area contributed by atoms with Crippen molar-refractivity contribution in [2.75, 3.05) is 19.0 Å². The molecule has 0 radical (unpaired) electrons. The number of hydrogen-bond donors (Lipinski definition) is 2. The number of H-pyrrole nitrogens is 1. The van der Waals surface area contributed by atoms with Crippen LogP contribution in [0.1, 0.15) is 39.0 Å². The lowest BCUT2D eigenvalue weighted by Crippen LogP contribution is -2.13. The monoisotopic (exact) mass is 344 g/mol. The van der Waals surface area contributed by atoms with Crippen LogP contribution in [0.5, 0.6) is 5.75 Å². The van der Waals surface area contributed by atoms with Gasteiger partial charge in [0, 0.05) is 16.9 Å². The fourth-order valence-electron chi connectivity index (χ4n) is 2.58. The first-order chi connectivity index (χ1) is 11.8. The van der Waals surface area contributed by atoms with Crippen LogP contribution in [0.15, 0.2) is 24.3 Å². The quantitative estimate of drug-likeness (QED) is 0.784. The molecule has 2 aromatic rings. The number of ketones is 2. The molecule has 0 aliphatic carbocycles. The number of aromatic amines is 1. The second kappa shape index (κ2) is 7.65. The first-order valence-corrected chi connectivity index (χ1v) is 7.64. The van der Waals surface area contributed by atoms with Crippen LogP contribution >= 0.6 is 0 Å². The van der Waals surface area contributed by atoms with E-state index < -0.39 is 6.09 Å². The first kappa shape index (κ1) is 18.3. The SMILES string of the molecule is COC(=O)Nc1ccc(OCC(=O)c2[nH]c(C)c(C(C)=O)c2C)cc1. The fourth-order valence-corrected chi connectivity index (χ4v) is 2.58. The lowest BCUT2D eigenvalue weighted by atomic mass is 10.1. The van der Waals surface area contributed by atoms with E-state index in [2.05, 4.69) is 15.0 Å². The Balaban J connectivity index is 2.02. The molecule has 2 N–H and O–H groups in total.